The van der Waals surface area contributed by atoms with Gasteiger partial charge in [-0.1, -0.05) is 13.3 Å². The van der Waals surface area contributed by atoms with Crippen molar-refractivity contribution in [2.24, 2.45) is 0 Å². The van der Waals surface area contributed by atoms with Gasteiger partial charge in [0, 0.05) is 0 Å². The van der Waals surface area contributed by atoms with Crippen LogP contribution >= 0.6 is 0 Å². The maximum atomic E-state index is 11.8. The third-order valence-corrected chi connectivity index (χ3v) is 2.50. The molecule has 0 saturated heterocycles. The van der Waals surface area contributed by atoms with Crippen molar-refractivity contribution in [3.8, 4) is 0 Å². The van der Waals surface area contributed by atoms with Crippen LogP contribution in [0, 0.1) is 0 Å². The van der Waals surface area contributed by atoms with Gasteiger partial charge in [0.05, 0.1) is 7.11 Å². The summed E-state index contributed by atoms with van der Waals surface area (Å²) in [7, 11) is 1.30. The SMILES string of the molecule is CCCC(C)(NC(=O)Cn1cnnn1)C(=O)OC. The molecule has 1 aromatic heterocycles. The molecule has 0 aliphatic rings. The normalized spacial score (nSPS) is 13.7. The zero-order chi connectivity index (χ0) is 13.6. The van der Waals surface area contributed by atoms with E-state index < -0.39 is 11.5 Å². The Morgan fingerprint density at radius 3 is 2.72 bits per heavy atom. The van der Waals surface area contributed by atoms with Gasteiger partial charge >= 0.3 is 5.97 Å². The maximum Gasteiger partial charge on any atom is 0.331 e. The highest BCUT2D eigenvalue weighted by atomic mass is 16.5. The number of hydrogen-bond acceptors (Lipinski definition) is 6. The number of tetrazole rings is 1. The smallest absolute Gasteiger partial charge is 0.331 e. The Balaban J connectivity index is 2.66. The predicted molar refractivity (Wildman–Crippen MR) is 61.3 cm³/mol. The molecule has 8 nitrogen and oxygen atoms in total. The Morgan fingerprint density at radius 1 is 1.50 bits per heavy atom. The van der Waals surface area contributed by atoms with Crippen molar-refractivity contribution in [1.82, 2.24) is 25.5 Å². The molecule has 0 fully saturated rings. The highest BCUT2D eigenvalue weighted by molar-refractivity contribution is 5.87. The number of carbonyl (C=O) groups is 2. The minimum absolute atomic E-state index is 0.0384. The summed E-state index contributed by atoms with van der Waals surface area (Å²) in [6.07, 6.45) is 2.58. The summed E-state index contributed by atoms with van der Waals surface area (Å²) in [5.41, 5.74) is -1.02. The average Bonchev–Trinajstić information content (AvgIpc) is 2.80. The van der Waals surface area contributed by atoms with Crippen molar-refractivity contribution < 1.29 is 14.3 Å². The third-order valence-electron chi connectivity index (χ3n) is 2.50. The summed E-state index contributed by atoms with van der Waals surface area (Å²) in [5, 5.41) is 13.1. The van der Waals surface area contributed by atoms with Gasteiger partial charge < -0.3 is 10.1 Å². The maximum absolute atomic E-state index is 11.8. The third kappa shape index (κ3) is 3.51. The van der Waals surface area contributed by atoms with Gasteiger partial charge in [0.15, 0.2) is 0 Å². The van der Waals surface area contributed by atoms with Gasteiger partial charge in [-0.05, 0) is 23.8 Å². The molecule has 1 rings (SSSR count). The lowest BCUT2D eigenvalue weighted by atomic mass is 9.96. The van der Waals surface area contributed by atoms with E-state index in [-0.39, 0.29) is 12.5 Å². The second kappa shape index (κ2) is 6.08. The van der Waals surface area contributed by atoms with Crippen LogP contribution in [0.4, 0.5) is 0 Å². The van der Waals surface area contributed by atoms with E-state index in [0.29, 0.717) is 6.42 Å². The summed E-state index contributed by atoms with van der Waals surface area (Å²) in [6, 6.07) is 0. The van der Waals surface area contributed by atoms with Crippen LogP contribution in [0.3, 0.4) is 0 Å². The lowest BCUT2D eigenvalue weighted by Gasteiger charge is -2.27. The molecule has 18 heavy (non-hydrogen) atoms. The Morgan fingerprint density at radius 2 is 2.22 bits per heavy atom. The van der Waals surface area contributed by atoms with Crippen molar-refractivity contribution in [3.63, 3.8) is 0 Å². The number of nitrogens with zero attached hydrogens (tertiary/aromatic N) is 4. The summed E-state index contributed by atoms with van der Waals surface area (Å²) >= 11 is 0. The number of ether oxygens (including phenoxy) is 1. The molecule has 1 aromatic rings. The Labute approximate surface area is 105 Å². The fourth-order valence-corrected chi connectivity index (χ4v) is 1.69. The summed E-state index contributed by atoms with van der Waals surface area (Å²) in [4.78, 5) is 23.5. The Hall–Kier alpha value is -1.99. The predicted octanol–water partition coefficient (Wildman–Crippen LogP) is -0.479. The Kier molecular flexibility index (Phi) is 4.75. The number of rotatable bonds is 6. The van der Waals surface area contributed by atoms with Crippen molar-refractivity contribution in [2.75, 3.05) is 7.11 Å². The zero-order valence-corrected chi connectivity index (χ0v) is 10.7. The van der Waals surface area contributed by atoms with Crippen LogP contribution in [0.5, 0.6) is 0 Å². The molecule has 1 N–H and O–H groups in total. The first-order chi connectivity index (χ1) is 8.51. The van der Waals surface area contributed by atoms with Crippen LogP contribution in [-0.2, 0) is 20.9 Å². The van der Waals surface area contributed by atoms with E-state index in [1.807, 2.05) is 6.92 Å². The number of esters is 1. The molecule has 0 saturated carbocycles. The quantitative estimate of drug-likeness (QED) is 0.689. The minimum atomic E-state index is -1.02. The van der Waals surface area contributed by atoms with E-state index in [1.54, 1.807) is 6.92 Å². The van der Waals surface area contributed by atoms with Gasteiger partial charge in [0.2, 0.25) is 5.91 Å². The highest BCUT2D eigenvalue weighted by Gasteiger charge is 2.35. The van der Waals surface area contributed by atoms with Gasteiger partial charge in [-0.3, -0.25) is 4.79 Å². The van der Waals surface area contributed by atoms with Crippen molar-refractivity contribution in [3.05, 3.63) is 6.33 Å². The average molecular weight is 255 g/mol. The molecular formula is C10H17N5O3. The van der Waals surface area contributed by atoms with Crippen molar-refractivity contribution in [2.45, 2.75) is 38.8 Å². The molecule has 8 heteroatoms. The monoisotopic (exact) mass is 255 g/mol. The summed E-state index contributed by atoms with van der Waals surface area (Å²) in [6.45, 7) is 3.53. The van der Waals surface area contributed by atoms with Gasteiger partial charge in [0.1, 0.15) is 18.4 Å². The van der Waals surface area contributed by atoms with Crippen LogP contribution in [0.1, 0.15) is 26.7 Å². The van der Waals surface area contributed by atoms with E-state index in [0.717, 1.165) is 6.42 Å². The van der Waals surface area contributed by atoms with Crippen molar-refractivity contribution >= 4 is 11.9 Å². The second-order valence-corrected chi connectivity index (χ2v) is 4.13. The number of aromatic nitrogens is 4. The number of nitrogens with one attached hydrogen (secondary N) is 1. The van der Waals surface area contributed by atoms with Crippen molar-refractivity contribution in [1.29, 1.82) is 0 Å². The molecule has 0 radical (unpaired) electrons. The molecule has 0 aromatic carbocycles. The molecule has 0 aliphatic heterocycles. The van der Waals surface area contributed by atoms with E-state index in [2.05, 4.69) is 20.8 Å². The lowest BCUT2D eigenvalue weighted by Crippen LogP contribution is -2.53. The molecule has 0 bridgehead atoms. The standard InChI is InChI=1S/C10H17N5O3/c1-4-5-10(2,9(17)18-3)12-8(16)6-15-7-11-13-14-15/h7H,4-6H2,1-3H3,(H,12,16). The van der Waals surface area contributed by atoms with E-state index >= 15 is 0 Å². The number of hydrogen-bond donors (Lipinski definition) is 1. The number of methoxy groups -OCH3 is 1. The van der Waals surface area contributed by atoms with E-state index in [1.165, 1.54) is 18.1 Å². The van der Waals surface area contributed by atoms with Crippen LogP contribution in [0.15, 0.2) is 6.33 Å². The number of carbonyl (C=O) groups excluding carboxylic acids is 2. The summed E-state index contributed by atoms with van der Waals surface area (Å²) in [5.74, 6) is -0.807. The highest BCUT2D eigenvalue weighted by Crippen LogP contribution is 2.14. The molecule has 0 aliphatic carbocycles. The van der Waals surface area contributed by atoms with E-state index in [4.69, 9.17) is 4.74 Å². The van der Waals surface area contributed by atoms with Gasteiger partial charge in [-0.25, -0.2) is 9.48 Å². The Bertz CT molecular complexity index is 406. The van der Waals surface area contributed by atoms with E-state index in [9.17, 15) is 9.59 Å². The molecule has 1 heterocycles. The zero-order valence-electron chi connectivity index (χ0n) is 10.7. The molecule has 100 valence electrons. The molecule has 0 spiro atoms. The first-order valence-electron chi connectivity index (χ1n) is 5.62. The van der Waals surface area contributed by atoms with Gasteiger partial charge in [-0.2, -0.15) is 0 Å². The fraction of sp³-hybridized carbons (Fsp3) is 0.700. The molecule has 1 amide bonds. The first-order valence-corrected chi connectivity index (χ1v) is 5.62. The fourth-order valence-electron chi connectivity index (χ4n) is 1.69. The lowest BCUT2D eigenvalue weighted by molar-refractivity contribution is -0.150. The molecule has 1 atom stereocenters. The number of amides is 1. The molecular weight excluding hydrogens is 238 g/mol. The van der Waals surface area contributed by atoms with Crippen LogP contribution in [-0.4, -0.2) is 44.7 Å². The van der Waals surface area contributed by atoms with Crippen LogP contribution < -0.4 is 5.32 Å². The summed E-state index contributed by atoms with van der Waals surface area (Å²) < 4.78 is 5.98. The topological polar surface area (TPSA) is 99.0 Å². The largest absolute Gasteiger partial charge is 0.467 e. The minimum Gasteiger partial charge on any atom is -0.467 e. The second-order valence-electron chi connectivity index (χ2n) is 4.13. The first kappa shape index (κ1) is 14.1. The molecule has 1 unspecified atom stereocenters. The van der Waals surface area contributed by atoms with Crippen LogP contribution in [0.25, 0.3) is 0 Å². The van der Waals surface area contributed by atoms with Crippen LogP contribution in [0.2, 0.25) is 0 Å². The van der Waals surface area contributed by atoms with Gasteiger partial charge in [0.25, 0.3) is 0 Å². The van der Waals surface area contributed by atoms with Gasteiger partial charge in [-0.15, -0.1) is 5.10 Å².